The molecule has 0 aliphatic heterocycles. The SMILES string of the molecule is COc1ccccc1C(O)c1oc2ccc(F)cc2c1C. The molecule has 0 saturated carbocycles. The predicted octanol–water partition coefficient (Wildman–Crippen LogP) is 3.97. The van der Waals surface area contributed by atoms with E-state index in [1.165, 1.54) is 12.1 Å². The number of fused-ring (bicyclic) bond motifs is 1. The number of benzene rings is 2. The van der Waals surface area contributed by atoms with Crippen molar-refractivity contribution < 1.29 is 18.7 Å². The van der Waals surface area contributed by atoms with E-state index in [-0.39, 0.29) is 5.82 Å². The van der Waals surface area contributed by atoms with Gasteiger partial charge in [-0.2, -0.15) is 0 Å². The first kappa shape index (κ1) is 13.6. The van der Waals surface area contributed by atoms with E-state index in [4.69, 9.17) is 9.15 Å². The third kappa shape index (κ3) is 2.28. The average Bonchev–Trinajstić information content (AvgIpc) is 2.83. The lowest BCUT2D eigenvalue weighted by atomic mass is 10.0. The minimum atomic E-state index is -0.961. The summed E-state index contributed by atoms with van der Waals surface area (Å²) in [7, 11) is 1.55. The molecule has 21 heavy (non-hydrogen) atoms. The van der Waals surface area contributed by atoms with Crippen LogP contribution in [0.3, 0.4) is 0 Å². The molecule has 0 amide bonds. The number of methoxy groups -OCH3 is 1. The quantitative estimate of drug-likeness (QED) is 0.792. The highest BCUT2D eigenvalue weighted by molar-refractivity contribution is 5.82. The van der Waals surface area contributed by atoms with Crippen molar-refractivity contribution in [2.45, 2.75) is 13.0 Å². The second kappa shape index (κ2) is 5.22. The molecular formula is C17H15FO3. The van der Waals surface area contributed by atoms with Crippen LogP contribution in [0.15, 0.2) is 46.9 Å². The summed E-state index contributed by atoms with van der Waals surface area (Å²) in [6, 6.07) is 11.5. The van der Waals surface area contributed by atoms with Gasteiger partial charge in [0.15, 0.2) is 0 Å². The van der Waals surface area contributed by atoms with Gasteiger partial charge in [0.25, 0.3) is 0 Å². The van der Waals surface area contributed by atoms with Gasteiger partial charge in [-0.05, 0) is 31.2 Å². The Morgan fingerprint density at radius 3 is 2.71 bits per heavy atom. The molecule has 108 valence electrons. The molecular weight excluding hydrogens is 271 g/mol. The molecule has 0 bridgehead atoms. The first-order valence-corrected chi connectivity index (χ1v) is 6.61. The molecule has 0 spiro atoms. The zero-order chi connectivity index (χ0) is 15.0. The highest BCUT2D eigenvalue weighted by Crippen LogP contribution is 2.36. The van der Waals surface area contributed by atoms with E-state index in [0.29, 0.717) is 28.0 Å². The molecule has 0 fully saturated rings. The number of hydrogen-bond acceptors (Lipinski definition) is 3. The molecule has 0 aliphatic rings. The standard InChI is InChI=1S/C17H15FO3/c1-10-13-9-11(18)7-8-15(13)21-17(10)16(19)12-5-3-4-6-14(12)20-2/h3-9,16,19H,1-2H3. The van der Waals surface area contributed by atoms with E-state index in [0.717, 1.165) is 5.56 Å². The Kier molecular flexibility index (Phi) is 3.39. The van der Waals surface area contributed by atoms with Gasteiger partial charge in [-0.1, -0.05) is 18.2 Å². The van der Waals surface area contributed by atoms with Gasteiger partial charge in [0, 0.05) is 16.5 Å². The molecule has 1 heterocycles. The summed E-state index contributed by atoms with van der Waals surface area (Å²) in [4.78, 5) is 0. The number of ether oxygens (including phenoxy) is 1. The fourth-order valence-electron chi connectivity index (χ4n) is 2.51. The Bertz CT molecular complexity index is 792. The van der Waals surface area contributed by atoms with Crippen LogP contribution >= 0.6 is 0 Å². The summed E-state index contributed by atoms with van der Waals surface area (Å²) < 4.78 is 24.3. The summed E-state index contributed by atoms with van der Waals surface area (Å²) in [6.07, 6.45) is -0.961. The zero-order valence-corrected chi connectivity index (χ0v) is 11.8. The van der Waals surface area contributed by atoms with E-state index in [1.807, 2.05) is 12.1 Å². The summed E-state index contributed by atoms with van der Waals surface area (Å²) in [6.45, 7) is 1.80. The lowest BCUT2D eigenvalue weighted by molar-refractivity contribution is 0.187. The summed E-state index contributed by atoms with van der Waals surface area (Å²) in [5.74, 6) is 0.654. The largest absolute Gasteiger partial charge is 0.496 e. The van der Waals surface area contributed by atoms with Crippen LogP contribution in [0.4, 0.5) is 4.39 Å². The van der Waals surface area contributed by atoms with Gasteiger partial charge in [0.2, 0.25) is 0 Å². The molecule has 0 aliphatic carbocycles. The molecule has 1 N–H and O–H groups in total. The van der Waals surface area contributed by atoms with E-state index in [1.54, 1.807) is 32.2 Å². The predicted molar refractivity (Wildman–Crippen MR) is 78.0 cm³/mol. The number of para-hydroxylation sites is 1. The van der Waals surface area contributed by atoms with Crippen molar-refractivity contribution in [1.29, 1.82) is 0 Å². The second-order valence-electron chi connectivity index (χ2n) is 4.88. The smallest absolute Gasteiger partial charge is 0.141 e. The van der Waals surface area contributed by atoms with Crippen LogP contribution in [0.5, 0.6) is 5.75 Å². The van der Waals surface area contributed by atoms with Crippen LogP contribution < -0.4 is 4.74 Å². The van der Waals surface area contributed by atoms with Crippen LogP contribution in [0.25, 0.3) is 11.0 Å². The first-order valence-electron chi connectivity index (χ1n) is 6.61. The Labute approximate surface area is 121 Å². The van der Waals surface area contributed by atoms with Crippen LogP contribution in [0.2, 0.25) is 0 Å². The van der Waals surface area contributed by atoms with Crippen molar-refractivity contribution in [3.8, 4) is 5.75 Å². The van der Waals surface area contributed by atoms with E-state index in [9.17, 15) is 9.50 Å². The molecule has 3 rings (SSSR count). The van der Waals surface area contributed by atoms with Gasteiger partial charge in [0.05, 0.1) is 7.11 Å². The number of furan rings is 1. The van der Waals surface area contributed by atoms with Gasteiger partial charge < -0.3 is 14.3 Å². The maximum absolute atomic E-state index is 13.3. The van der Waals surface area contributed by atoms with Gasteiger partial charge in [-0.3, -0.25) is 0 Å². The fraction of sp³-hybridized carbons (Fsp3) is 0.176. The maximum Gasteiger partial charge on any atom is 0.141 e. The molecule has 0 radical (unpaired) electrons. The number of aliphatic hydroxyl groups excluding tert-OH is 1. The Morgan fingerprint density at radius 2 is 1.95 bits per heavy atom. The lowest BCUT2D eigenvalue weighted by Crippen LogP contribution is -2.02. The van der Waals surface area contributed by atoms with E-state index >= 15 is 0 Å². The Hall–Kier alpha value is -2.33. The minimum absolute atomic E-state index is 0.329. The van der Waals surface area contributed by atoms with Gasteiger partial charge in [0.1, 0.15) is 29.0 Å². The normalized spacial score (nSPS) is 12.6. The van der Waals surface area contributed by atoms with E-state index < -0.39 is 6.10 Å². The van der Waals surface area contributed by atoms with Gasteiger partial charge in [-0.25, -0.2) is 4.39 Å². The van der Waals surface area contributed by atoms with Crippen LogP contribution in [-0.2, 0) is 0 Å². The number of aryl methyl sites for hydroxylation is 1. The molecule has 2 aromatic carbocycles. The molecule has 3 aromatic rings. The maximum atomic E-state index is 13.3. The van der Waals surface area contributed by atoms with Crippen LogP contribution in [0.1, 0.15) is 23.0 Å². The van der Waals surface area contributed by atoms with Gasteiger partial charge in [-0.15, -0.1) is 0 Å². The van der Waals surface area contributed by atoms with Crippen molar-refractivity contribution >= 4 is 11.0 Å². The molecule has 1 unspecified atom stereocenters. The average molecular weight is 286 g/mol. The number of aliphatic hydroxyl groups is 1. The summed E-state index contributed by atoms with van der Waals surface area (Å²) in [5.41, 5.74) is 1.89. The molecule has 3 nitrogen and oxygen atoms in total. The summed E-state index contributed by atoms with van der Waals surface area (Å²) >= 11 is 0. The highest BCUT2D eigenvalue weighted by Gasteiger charge is 2.22. The monoisotopic (exact) mass is 286 g/mol. The first-order chi connectivity index (χ1) is 10.1. The topological polar surface area (TPSA) is 42.6 Å². The zero-order valence-electron chi connectivity index (χ0n) is 11.8. The Morgan fingerprint density at radius 1 is 1.19 bits per heavy atom. The molecule has 4 heteroatoms. The molecule has 1 aromatic heterocycles. The van der Waals surface area contributed by atoms with Crippen molar-refractivity contribution in [2.24, 2.45) is 0 Å². The van der Waals surface area contributed by atoms with Gasteiger partial charge >= 0.3 is 0 Å². The number of hydrogen-bond donors (Lipinski definition) is 1. The lowest BCUT2D eigenvalue weighted by Gasteiger charge is -2.13. The number of rotatable bonds is 3. The van der Waals surface area contributed by atoms with Crippen molar-refractivity contribution in [3.63, 3.8) is 0 Å². The molecule has 0 saturated heterocycles. The minimum Gasteiger partial charge on any atom is -0.496 e. The van der Waals surface area contributed by atoms with Crippen molar-refractivity contribution in [1.82, 2.24) is 0 Å². The molecule has 1 atom stereocenters. The van der Waals surface area contributed by atoms with Crippen LogP contribution in [0, 0.1) is 12.7 Å². The third-order valence-corrected chi connectivity index (χ3v) is 3.62. The van der Waals surface area contributed by atoms with Crippen molar-refractivity contribution in [2.75, 3.05) is 7.11 Å². The second-order valence-corrected chi connectivity index (χ2v) is 4.88. The van der Waals surface area contributed by atoms with Crippen molar-refractivity contribution in [3.05, 3.63) is 65.2 Å². The van der Waals surface area contributed by atoms with Crippen LogP contribution in [-0.4, -0.2) is 12.2 Å². The highest BCUT2D eigenvalue weighted by atomic mass is 19.1. The summed E-state index contributed by atoms with van der Waals surface area (Å²) in [5, 5.41) is 11.3. The Balaban J connectivity index is 2.13. The van der Waals surface area contributed by atoms with E-state index in [2.05, 4.69) is 0 Å². The third-order valence-electron chi connectivity index (χ3n) is 3.62. The number of halogens is 1. The fourth-order valence-corrected chi connectivity index (χ4v) is 2.51.